The van der Waals surface area contributed by atoms with E-state index in [9.17, 15) is 4.79 Å². The van der Waals surface area contributed by atoms with Crippen molar-refractivity contribution in [2.45, 2.75) is 26.8 Å². The summed E-state index contributed by atoms with van der Waals surface area (Å²) in [5, 5.41) is 0. The second kappa shape index (κ2) is 5.47. The van der Waals surface area contributed by atoms with Crippen molar-refractivity contribution in [3.05, 3.63) is 0 Å². The molecule has 3 atom stereocenters. The summed E-state index contributed by atoms with van der Waals surface area (Å²) in [5.74, 6) is 1.03. The van der Waals surface area contributed by atoms with Gasteiger partial charge in [-0.15, -0.1) is 0 Å². The molecule has 1 heterocycles. The fourth-order valence-corrected chi connectivity index (χ4v) is 1.99. The molecular formula is C11H22N2O2. The number of hydrogen-bond donors (Lipinski definition) is 1. The molecule has 0 bridgehead atoms. The van der Waals surface area contributed by atoms with Crippen LogP contribution >= 0.6 is 0 Å². The Kier molecular flexibility index (Phi) is 4.54. The molecular weight excluding hydrogens is 192 g/mol. The molecule has 0 aromatic heterocycles. The van der Waals surface area contributed by atoms with Crippen LogP contribution in [-0.4, -0.2) is 43.2 Å². The summed E-state index contributed by atoms with van der Waals surface area (Å²) >= 11 is 0. The Morgan fingerprint density at radius 3 is 2.80 bits per heavy atom. The average Bonchev–Trinajstić information content (AvgIpc) is 2.55. The number of carbonyl (C=O) groups is 1. The molecule has 1 rings (SSSR count). The average molecular weight is 214 g/mol. The normalized spacial score (nSPS) is 28.1. The Bertz CT molecular complexity index is 219. The minimum Gasteiger partial charge on any atom is -0.381 e. The highest BCUT2D eigenvalue weighted by molar-refractivity contribution is 5.81. The van der Waals surface area contributed by atoms with E-state index in [1.807, 2.05) is 11.8 Å². The van der Waals surface area contributed by atoms with Crippen LogP contribution in [0, 0.1) is 11.8 Å². The van der Waals surface area contributed by atoms with Crippen molar-refractivity contribution in [2.75, 3.05) is 26.3 Å². The van der Waals surface area contributed by atoms with Gasteiger partial charge in [0.15, 0.2) is 0 Å². The number of rotatable bonds is 4. The number of carbonyl (C=O) groups excluding carboxylic acids is 1. The van der Waals surface area contributed by atoms with Gasteiger partial charge in [0.05, 0.1) is 12.6 Å². The van der Waals surface area contributed by atoms with E-state index in [1.165, 1.54) is 0 Å². The lowest BCUT2D eigenvalue weighted by Crippen LogP contribution is -2.41. The van der Waals surface area contributed by atoms with Crippen LogP contribution in [0.1, 0.15) is 20.8 Å². The van der Waals surface area contributed by atoms with Gasteiger partial charge in [-0.1, -0.05) is 6.92 Å². The molecule has 0 aromatic carbocycles. The number of nitrogens with zero attached hydrogens (tertiary/aromatic N) is 1. The number of likely N-dealkylation sites (tertiary alicyclic amines) is 1. The lowest BCUT2D eigenvalue weighted by molar-refractivity contribution is -0.131. The molecule has 0 spiro atoms. The maximum atomic E-state index is 11.7. The summed E-state index contributed by atoms with van der Waals surface area (Å²) in [6.45, 7) is 9.00. The number of ether oxygens (including phenoxy) is 1. The van der Waals surface area contributed by atoms with E-state index in [2.05, 4.69) is 6.92 Å². The Morgan fingerprint density at radius 1 is 1.60 bits per heavy atom. The highest BCUT2D eigenvalue weighted by Gasteiger charge is 2.33. The molecule has 88 valence electrons. The first-order valence-electron chi connectivity index (χ1n) is 5.68. The zero-order valence-corrected chi connectivity index (χ0v) is 9.90. The van der Waals surface area contributed by atoms with Gasteiger partial charge in [0.1, 0.15) is 0 Å². The molecule has 1 fully saturated rings. The first kappa shape index (κ1) is 12.5. The molecule has 1 aliphatic heterocycles. The maximum Gasteiger partial charge on any atom is 0.239 e. The molecule has 0 aromatic rings. The lowest BCUT2D eigenvalue weighted by Gasteiger charge is -2.18. The van der Waals surface area contributed by atoms with Gasteiger partial charge in [-0.05, 0) is 19.8 Å². The fourth-order valence-electron chi connectivity index (χ4n) is 1.99. The Hall–Kier alpha value is -0.610. The minimum atomic E-state index is -0.386. The molecule has 1 amide bonds. The molecule has 0 unspecified atom stereocenters. The van der Waals surface area contributed by atoms with Gasteiger partial charge >= 0.3 is 0 Å². The van der Waals surface area contributed by atoms with E-state index in [0.29, 0.717) is 11.8 Å². The van der Waals surface area contributed by atoms with E-state index in [1.54, 1.807) is 6.92 Å². The Balaban J connectivity index is 2.44. The van der Waals surface area contributed by atoms with E-state index in [0.717, 1.165) is 26.3 Å². The molecule has 1 saturated heterocycles. The SMILES string of the molecule is CCOC[C@@H]1CN(C(=O)[C@@H](C)N)C[C@H]1C. The molecule has 15 heavy (non-hydrogen) atoms. The van der Waals surface area contributed by atoms with Crippen molar-refractivity contribution in [1.29, 1.82) is 0 Å². The van der Waals surface area contributed by atoms with Crippen LogP contribution in [0.3, 0.4) is 0 Å². The third-order valence-electron chi connectivity index (χ3n) is 3.01. The van der Waals surface area contributed by atoms with E-state index in [-0.39, 0.29) is 11.9 Å². The summed E-state index contributed by atoms with van der Waals surface area (Å²) in [4.78, 5) is 13.5. The third kappa shape index (κ3) is 3.18. The number of nitrogens with two attached hydrogens (primary N) is 1. The second-order valence-electron chi connectivity index (χ2n) is 4.43. The monoisotopic (exact) mass is 214 g/mol. The molecule has 1 aliphatic rings. The maximum absolute atomic E-state index is 11.7. The van der Waals surface area contributed by atoms with Crippen LogP contribution in [-0.2, 0) is 9.53 Å². The summed E-state index contributed by atoms with van der Waals surface area (Å²) in [7, 11) is 0. The van der Waals surface area contributed by atoms with E-state index in [4.69, 9.17) is 10.5 Å². The standard InChI is InChI=1S/C11H22N2O2/c1-4-15-7-10-6-13(5-8(10)2)11(14)9(3)12/h8-10H,4-7,12H2,1-3H3/t8-,9-,10+/m1/s1. The third-order valence-corrected chi connectivity index (χ3v) is 3.01. The van der Waals surface area contributed by atoms with Crippen molar-refractivity contribution in [2.24, 2.45) is 17.6 Å². The molecule has 0 radical (unpaired) electrons. The summed E-state index contributed by atoms with van der Waals surface area (Å²) in [6, 6.07) is -0.386. The second-order valence-corrected chi connectivity index (χ2v) is 4.43. The van der Waals surface area contributed by atoms with Crippen LogP contribution in [0.4, 0.5) is 0 Å². The number of hydrogen-bond acceptors (Lipinski definition) is 3. The molecule has 2 N–H and O–H groups in total. The van der Waals surface area contributed by atoms with Gasteiger partial charge in [0, 0.05) is 25.6 Å². The predicted octanol–water partition coefficient (Wildman–Crippen LogP) is 0.465. The van der Waals surface area contributed by atoms with Gasteiger partial charge in [-0.2, -0.15) is 0 Å². The van der Waals surface area contributed by atoms with Crippen molar-refractivity contribution in [1.82, 2.24) is 4.90 Å². The number of amides is 1. The van der Waals surface area contributed by atoms with Gasteiger partial charge in [0.25, 0.3) is 0 Å². The van der Waals surface area contributed by atoms with Crippen molar-refractivity contribution < 1.29 is 9.53 Å². The largest absolute Gasteiger partial charge is 0.381 e. The molecule has 0 saturated carbocycles. The summed E-state index contributed by atoms with van der Waals surface area (Å²) in [6.07, 6.45) is 0. The summed E-state index contributed by atoms with van der Waals surface area (Å²) in [5.41, 5.74) is 5.58. The van der Waals surface area contributed by atoms with E-state index >= 15 is 0 Å². The van der Waals surface area contributed by atoms with Crippen molar-refractivity contribution in [3.63, 3.8) is 0 Å². The van der Waals surface area contributed by atoms with Gasteiger partial charge in [-0.25, -0.2) is 0 Å². The molecule has 4 heteroatoms. The van der Waals surface area contributed by atoms with Gasteiger partial charge < -0.3 is 15.4 Å². The molecule has 0 aliphatic carbocycles. The first-order valence-corrected chi connectivity index (χ1v) is 5.68. The Labute approximate surface area is 91.8 Å². The van der Waals surface area contributed by atoms with Gasteiger partial charge in [-0.3, -0.25) is 4.79 Å². The highest BCUT2D eigenvalue weighted by atomic mass is 16.5. The predicted molar refractivity (Wildman–Crippen MR) is 59.4 cm³/mol. The van der Waals surface area contributed by atoms with Crippen LogP contribution in [0.15, 0.2) is 0 Å². The van der Waals surface area contributed by atoms with Crippen LogP contribution in [0.2, 0.25) is 0 Å². The van der Waals surface area contributed by atoms with Crippen molar-refractivity contribution in [3.8, 4) is 0 Å². The fraction of sp³-hybridized carbons (Fsp3) is 0.909. The lowest BCUT2D eigenvalue weighted by atomic mass is 9.99. The zero-order valence-electron chi connectivity index (χ0n) is 9.90. The quantitative estimate of drug-likeness (QED) is 0.740. The first-order chi connectivity index (χ1) is 7.06. The van der Waals surface area contributed by atoms with Crippen molar-refractivity contribution >= 4 is 5.91 Å². The highest BCUT2D eigenvalue weighted by Crippen LogP contribution is 2.23. The van der Waals surface area contributed by atoms with Crippen LogP contribution in [0.5, 0.6) is 0 Å². The van der Waals surface area contributed by atoms with Crippen LogP contribution < -0.4 is 5.73 Å². The van der Waals surface area contributed by atoms with Crippen LogP contribution in [0.25, 0.3) is 0 Å². The topological polar surface area (TPSA) is 55.6 Å². The smallest absolute Gasteiger partial charge is 0.239 e. The Morgan fingerprint density at radius 2 is 2.27 bits per heavy atom. The van der Waals surface area contributed by atoms with Gasteiger partial charge in [0.2, 0.25) is 5.91 Å². The summed E-state index contributed by atoms with van der Waals surface area (Å²) < 4.78 is 5.41. The zero-order chi connectivity index (χ0) is 11.4. The minimum absolute atomic E-state index is 0.0563. The van der Waals surface area contributed by atoms with E-state index < -0.39 is 0 Å². The molecule has 4 nitrogen and oxygen atoms in total.